The minimum Gasteiger partial charge on any atom is -0.481 e. The van der Waals surface area contributed by atoms with E-state index in [1.807, 2.05) is 18.2 Å². The van der Waals surface area contributed by atoms with E-state index in [1.165, 1.54) is 5.69 Å². The van der Waals surface area contributed by atoms with Crippen LogP contribution in [0.5, 0.6) is 0 Å². The molecule has 0 amide bonds. The number of carbonyl (C=O) groups is 1. The predicted molar refractivity (Wildman–Crippen MR) is 113 cm³/mol. The molecular weight excluding hydrogens is 366 g/mol. The van der Waals surface area contributed by atoms with Crippen molar-refractivity contribution in [2.45, 2.75) is 38.8 Å². The molecule has 0 aromatic carbocycles. The number of fused-ring (bicyclic) bond motifs is 1. The van der Waals surface area contributed by atoms with Crippen LogP contribution in [0.3, 0.4) is 0 Å². The van der Waals surface area contributed by atoms with Crippen LogP contribution in [0, 0.1) is 12.8 Å². The maximum Gasteiger partial charge on any atom is 0.303 e. The van der Waals surface area contributed by atoms with Crippen molar-refractivity contribution in [3.63, 3.8) is 0 Å². The third-order valence-electron chi connectivity index (χ3n) is 6.72. The number of aliphatic carboxylic acids is 1. The largest absolute Gasteiger partial charge is 0.481 e. The Kier molecular flexibility index (Phi) is 6.18. The minimum absolute atomic E-state index is 0.261. The number of aromatic nitrogens is 2. The Morgan fingerprint density at radius 1 is 1.21 bits per heavy atom. The molecule has 0 spiro atoms. The zero-order chi connectivity index (χ0) is 20.4. The van der Waals surface area contributed by atoms with Gasteiger partial charge in [-0.3, -0.25) is 14.6 Å². The maximum absolute atomic E-state index is 11.3. The summed E-state index contributed by atoms with van der Waals surface area (Å²) in [5, 5.41) is 9.26. The van der Waals surface area contributed by atoms with Crippen LogP contribution in [-0.2, 0) is 11.3 Å². The Morgan fingerprint density at radius 3 is 2.76 bits per heavy atom. The van der Waals surface area contributed by atoms with Crippen LogP contribution >= 0.6 is 0 Å². The van der Waals surface area contributed by atoms with Gasteiger partial charge in [-0.2, -0.15) is 0 Å². The second-order valence-corrected chi connectivity index (χ2v) is 8.70. The third kappa shape index (κ3) is 4.63. The smallest absolute Gasteiger partial charge is 0.303 e. The molecule has 1 N–H and O–H groups in total. The lowest BCUT2D eigenvalue weighted by atomic mass is 9.86. The number of hydrogen-bond acceptors (Lipinski definition) is 5. The van der Waals surface area contributed by atoms with Crippen molar-refractivity contribution < 1.29 is 9.90 Å². The number of carboxylic acids is 1. The highest BCUT2D eigenvalue weighted by molar-refractivity contribution is 5.66. The number of hydrogen-bond donors (Lipinski definition) is 1. The van der Waals surface area contributed by atoms with Gasteiger partial charge >= 0.3 is 5.97 Å². The summed E-state index contributed by atoms with van der Waals surface area (Å²) in [4.78, 5) is 23.4. The maximum atomic E-state index is 11.3. The van der Waals surface area contributed by atoms with Gasteiger partial charge in [-0.15, -0.1) is 0 Å². The van der Waals surface area contributed by atoms with Crippen LogP contribution in [0.25, 0.3) is 5.65 Å². The summed E-state index contributed by atoms with van der Waals surface area (Å²) in [6.07, 6.45) is 4.22. The fourth-order valence-corrected chi connectivity index (χ4v) is 5.03. The molecule has 0 aliphatic carbocycles. The summed E-state index contributed by atoms with van der Waals surface area (Å²) in [5.41, 5.74) is 3.32. The van der Waals surface area contributed by atoms with Gasteiger partial charge in [-0.05, 0) is 44.9 Å². The summed E-state index contributed by atoms with van der Waals surface area (Å²) in [6, 6.07) is 6.62. The number of nitrogens with zero attached hydrogens (tertiary/aromatic N) is 5. The lowest BCUT2D eigenvalue weighted by Gasteiger charge is -2.46. The molecule has 2 fully saturated rings. The predicted octanol–water partition coefficient (Wildman–Crippen LogP) is 1.95. The standard InChI is InChI=1S/C22H33N5O2/c1-17-20(27-9-4-3-5-21(27)23-17)16-25-10-8-19(18(15-25)6-7-22(28)29)26-13-11-24(2)12-14-26/h3-5,9,18-19H,6-8,10-16H2,1-2H3,(H,28,29)/t18-,19+/m1/s1. The van der Waals surface area contributed by atoms with Gasteiger partial charge in [0.15, 0.2) is 0 Å². The first-order chi connectivity index (χ1) is 14.0. The van der Waals surface area contributed by atoms with Crippen LogP contribution < -0.4 is 0 Å². The molecule has 29 heavy (non-hydrogen) atoms. The second-order valence-electron chi connectivity index (χ2n) is 8.70. The number of piperidine rings is 1. The molecule has 7 heteroatoms. The number of likely N-dealkylation sites (N-methyl/N-ethyl adjacent to an activating group) is 1. The molecule has 4 heterocycles. The summed E-state index contributed by atoms with van der Waals surface area (Å²) < 4.78 is 2.19. The van der Waals surface area contributed by atoms with E-state index in [1.54, 1.807) is 0 Å². The highest BCUT2D eigenvalue weighted by Gasteiger charge is 2.34. The van der Waals surface area contributed by atoms with Gasteiger partial charge in [0.05, 0.1) is 11.4 Å². The third-order valence-corrected chi connectivity index (χ3v) is 6.72. The Balaban J connectivity index is 1.47. The van der Waals surface area contributed by atoms with E-state index in [0.29, 0.717) is 12.0 Å². The van der Waals surface area contributed by atoms with E-state index in [2.05, 4.69) is 39.3 Å². The molecule has 0 bridgehead atoms. The number of carboxylic acid groups (broad SMARTS) is 1. The van der Waals surface area contributed by atoms with Crippen molar-refractivity contribution >= 4 is 11.6 Å². The molecule has 7 nitrogen and oxygen atoms in total. The van der Waals surface area contributed by atoms with Crippen LogP contribution in [0.1, 0.15) is 30.7 Å². The highest BCUT2D eigenvalue weighted by atomic mass is 16.4. The fraction of sp³-hybridized carbons (Fsp3) is 0.636. The normalized spacial score (nSPS) is 24.9. The highest BCUT2D eigenvalue weighted by Crippen LogP contribution is 2.28. The molecule has 4 rings (SSSR count). The topological polar surface area (TPSA) is 64.3 Å². The quantitative estimate of drug-likeness (QED) is 0.801. The fourth-order valence-electron chi connectivity index (χ4n) is 5.03. The van der Waals surface area contributed by atoms with E-state index in [-0.39, 0.29) is 6.42 Å². The SMILES string of the molecule is Cc1nc2ccccn2c1CN1CC[C@H](N2CCN(C)CC2)[C@H](CCC(=O)O)C1. The van der Waals surface area contributed by atoms with Gasteiger partial charge in [0, 0.05) is 64.5 Å². The Labute approximate surface area is 172 Å². The second kappa shape index (κ2) is 8.81. The lowest BCUT2D eigenvalue weighted by molar-refractivity contribution is -0.137. The Bertz CT molecular complexity index is 843. The van der Waals surface area contributed by atoms with Crippen molar-refractivity contribution in [1.82, 2.24) is 24.1 Å². The van der Waals surface area contributed by atoms with Crippen molar-refractivity contribution in [1.29, 1.82) is 0 Å². The first kappa shape index (κ1) is 20.3. The summed E-state index contributed by atoms with van der Waals surface area (Å²) in [7, 11) is 2.18. The number of rotatable bonds is 6. The first-order valence-corrected chi connectivity index (χ1v) is 10.8. The average Bonchev–Trinajstić information content (AvgIpc) is 3.02. The monoisotopic (exact) mass is 399 g/mol. The molecule has 0 radical (unpaired) electrons. The number of aryl methyl sites for hydroxylation is 1. The van der Waals surface area contributed by atoms with Crippen LogP contribution in [-0.4, -0.2) is 87.5 Å². The van der Waals surface area contributed by atoms with Crippen LogP contribution in [0.15, 0.2) is 24.4 Å². The number of pyridine rings is 1. The first-order valence-electron chi connectivity index (χ1n) is 10.8. The van der Waals surface area contributed by atoms with Gasteiger partial charge < -0.3 is 14.4 Å². The van der Waals surface area contributed by atoms with E-state index in [0.717, 1.165) is 70.0 Å². The number of piperazine rings is 1. The van der Waals surface area contributed by atoms with Crippen LogP contribution in [0.2, 0.25) is 0 Å². The van der Waals surface area contributed by atoms with Crippen LogP contribution in [0.4, 0.5) is 0 Å². The van der Waals surface area contributed by atoms with E-state index in [9.17, 15) is 9.90 Å². The van der Waals surface area contributed by atoms with Crippen molar-refractivity contribution in [2.75, 3.05) is 46.3 Å². The Morgan fingerprint density at radius 2 is 2.00 bits per heavy atom. The van der Waals surface area contributed by atoms with Gasteiger partial charge in [0.1, 0.15) is 5.65 Å². The zero-order valence-electron chi connectivity index (χ0n) is 17.6. The van der Waals surface area contributed by atoms with Gasteiger partial charge in [-0.1, -0.05) is 6.07 Å². The molecule has 0 saturated carbocycles. The van der Waals surface area contributed by atoms with Crippen molar-refractivity contribution in [3.8, 4) is 0 Å². The Hall–Kier alpha value is -1.96. The van der Waals surface area contributed by atoms with Crippen molar-refractivity contribution in [2.24, 2.45) is 5.92 Å². The van der Waals surface area contributed by atoms with Crippen molar-refractivity contribution in [3.05, 3.63) is 35.8 Å². The molecule has 0 unspecified atom stereocenters. The average molecular weight is 400 g/mol. The molecule has 2 saturated heterocycles. The summed E-state index contributed by atoms with van der Waals surface area (Å²) in [5.74, 6) is -0.278. The van der Waals surface area contributed by atoms with E-state index < -0.39 is 5.97 Å². The number of likely N-dealkylation sites (tertiary alicyclic amines) is 1. The van der Waals surface area contributed by atoms with E-state index >= 15 is 0 Å². The van der Waals surface area contributed by atoms with E-state index in [4.69, 9.17) is 4.98 Å². The molecule has 2 aliphatic heterocycles. The van der Waals surface area contributed by atoms with Gasteiger partial charge in [-0.25, -0.2) is 4.98 Å². The molecule has 2 aromatic rings. The lowest BCUT2D eigenvalue weighted by Crippen LogP contribution is -2.56. The molecule has 158 valence electrons. The zero-order valence-corrected chi connectivity index (χ0v) is 17.6. The molecule has 2 aromatic heterocycles. The minimum atomic E-state index is -0.683. The molecule has 2 atom stereocenters. The van der Waals surface area contributed by atoms with Gasteiger partial charge in [0.25, 0.3) is 0 Å². The molecular formula is C22H33N5O2. The summed E-state index contributed by atoms with van der Waals surface area (Å²) in [6.45, 7) is 9.37. The number of imidazole rings is 1. The summed E-state index contributed by atoms with van der Waals surface area (Å²) >= 11 is 0. The van der Waals surface area contributed by atoms with Gasteiger partial charge in [0.2, 0.25) is 0 Å². The molecule has 2 aliphatic rings.